The standard InChI is InChI=1S/C16H13BrO3/c17-10-11-19-16(12-6-2-1-3-7-12)14-9-5-4-8-13(14)15(18)20-16/h1-9H,10-11H2/t16-/m1/s1. The van der Waals surface area contributed by atoms with Gasteiger partial charge in [0.2, 0.25) is 0 Å². The van der Waals surface area contributed by atoms with Crippen molar-refractivity contribution in [3.05, 3.63) is 71.3 Å². The predicted molar refractivity (Wildman–Crippen MR) is 78.8 cm³/mol. The molecule has 3 rings (SSSR count). The van der Waals surface area contributed by atoms with Crippen molar-refractivity contribution in [2.75, 3.05) is 11.9 Å². The van der Waals surface area contributed by atoms with E-state index in [4.69, 9.17) is 9.47 Å². The molecule has 0 N–H and O–H groups in total. The summed E-state index contributed by atoms with van der Waals surface area (Å²) in [6.07, 6.45) is 0. The molecule has 0 spiro atoms. The summed E-state index contributed by atoms with van der Waals surface area (Å²) in [7, 11) is 0. The topological polar surface area (TPSA) is 35.5 Å². The molecular weight excluding hydrogens is 320 g/mol. The Morgan fingerprint density at radius 2 is 1.75 bits per heavy atom. The molecule has 1 heterocycles. The third-order valence-electron chi connectivity index (χ3n) is 3.27. The average Bonchev–Trinajstić information content (AvgIpc) is 2.80. The van der Waals surface area contributed by atoms with Gasteiger partial charge < -0.3 is 9.47 Å². The molecule has 1 aliphatic rings. The van der Waals surface area contributed by atoms with Crippen molar-refractivity contribution in [2.45, 2.75) is 5.79 Å². The number of cyclic esters (lactones) is 1. The number of halogens is 1. The molecule has 2 aromatic rings. The van der Waals surface area contributed by atoms with Crippen LogP contribution < -0.4 is 0 Å². The summed E-state index contributed by atoms with van der Waals surface area (Å²) in [5.74, 6) is -1.48. The van der Waals surface area contributed by atoms with Crippen LogP contribution in [0.1, 0.15) is 21.5 Å². The van der Waals surface area contributed by atoms with E-state index in [2.05, 4.69) is 15.9 Å². The number of carbonyl (C=O) groups is 1. The minimum absolute atomic E-state index is 0.348. The van der Waals surface area contributed by atoms with Crippen LogP contribution in [0.4, 0.5) is 0 Å². The minimum Gasteiger partial charge on any atom is -0.420 e. The zero-order chi connectivity index (χ0) is 14.0. The van der Waals surface area contributed by atoms with Gasteiger partial charge in [0, 0.05) is 16.5 Å². The average molecular weight is 333 g/mol. The van der Waals surface area contributed by atoms with Gasteiger partial charge in [-0.3, -0.25) is 0 Å². The molecule has 0 saturated carbocycles. The molecular formula is C16H13BrO3. The van der Waals surface area contributed by atoms with Gasteiger partial charge in [-0.1, -0.05) is 64.5 Å². The quantitative estimate of drug-likeness (QED) is 0.635. The summed E-state index contributed by atoms with van der Waals surface area (Å²) < 4.78 is 11.6. The van der Waals surface area contributed by atoms with Crippen LogP contribution in [0.3, 0.4) is 0 Å². The number of hydrogen-bond acceptors (Lipinski definition) is 3. The number of hydrogen-bond donors (Lipinski definition) is 0. The van der Waals surface area contributed by atoms with E-state index >= 15 is 0 Å². The fourth-order valence-corrected chi connectivity index (χ4v) is 2.60. The van der Waals surface area contributed by atoms with Gasteiger partial charge in [-0.15, -0.1) is 0 Å². The molecule has 0 aliphatic carbocycles. The molecule has 0 saturated heterocycles. The second-order valence-corrected chi connectivity index (χ2v) is 5.25. The summed E-state index contributed by atoms with van der Waals surface area (Å²) in [5.41, 5.74) is 2.14. The highest BCUT2D eigenvalue weighted by Gasteiger charge is 2.48. The summed E-state index contributed by atoms with van der Waals surface area (Å²) in [4.78, 5) is 12.1. The third-order valence-corrected chi connectivity index (χ3v) is 3.60. The van der Waals surface area contributed by atoms with Crippen molar-refractivity contribution < 1.29 is 14.3 Å². The Balaban J connectivity index is 2.16. The number of fused-ring (bicyclic) bond motifs is 1. The Bertz CT molecular complexity index is 627. The molecule has 1 aliphatic heterocycles. The first-order valence-corrected chi connectivity index (χ1v) is 7.48. The number of benzene rings is 2. The first-order chi connectivity index (χ1) is 9.78. The molecule has 0 bridgehead atoms. The molecule has 0 unspecified atom stereocenters. The maximum Gasteiger partial charge on any atom is 0.341 e. The van der Waals surface area contributed by atoms with Crippen molar-refractivity contribution in [2.24, 2.45) is 0 Å². The lowest BCUT2D eigenvalue weighted by Gasteiger charge is -2.29. The summed E-state index contributed by atoms with van der Waals surface area (Å²) >= 11 is 3.34. The van der Waals surface area contributed by atoms with E-state index in [9.17, 15) is 4.79 Å². The van der Waals surface area contributed by atoms with Gasteiger partial charge in [-0.2, -0.15) is 0 Å². The fourth-order valence-electron chi connectivity index (χ4n) is 2.43. The Morgan fingerprint density at radius 1 is 1.05 bits per heavy atom. The monoisotopic (exact) mass is 332 g/mol. The zero-order valence-corrected chi connectivity index (χ0v) is 12.3. The summed E-state index contributed by atoms with van der Waals surface area (Å²) in [6.45, 7) is 0.441. The van der Waals surface area contributed by atoms with Crippen molar-refractivity contribution in [1.29, 1.82) is 0 Å². The van der Waals surface area contributed by atoms with Crippen molar-refractivity contribution in [3.63, 3.8) is 0 Å². The predicted octanol–water partition coefficient (Wildman–Crippen LogP) is 3.47. The van der Waals surface area contributed by atoms with Crippen LogP contribution in [0.15, 0.2) is 54.6 Å². The first-order valence-electron chi connectivity index (χ1n) is 6.36. The van der Waals surface area contributed by atoms with Crippen LogP contribution in [0.25, 0.3) is 0 Å². The molecule has 0 amide bonds. The van der Waals surface area contributed by atoms with Crippen LogP contribution in [-0.4, -0.2) is 17.9 Å². The van der Waals surface area contributed by atoms with E-state index in [1.54, 1.807) is 6.07 Å². The van der Waals surface area contributed by atoms with Crippen LogP contribution in [0.5, 0.6) is 0 Å². The second-order valence-electron chi connectivity index (χ2n) is 4.46. The zero-order valence-electron chi connectivity index (χ0n) is 10.7. The maximum absolute atomic E-state index is 12.1. The lowest BCUT2D eigenvalue weighted by Crippen LogP contribution is -2.32. The molecule has 20 heavy (non-hydrogen) atoms. The van der Waals surface area contributed by atoms with Crippen LogP contribution in [0.2, 0.25) is 0 Å². The molecule has 0 aromatic heterocycles. The van der Waals surface area contributed by atoms with E-state index in [-0.39, 0.29) is 5.97 Å². The van der Waals surface area contributed by atoms with Gasteiger partial charge in [-0.25, -0.2) is 4.79 Å². The maximum atomic E-state index is 12.1. The lowest BCUT2D eigenvalue weighted by atomic mass is 9.95. The highest BCUT2D eigenvalue weighted by Crippen LogP contribution is 2.42. The third kappa shape index (κ3) is 2.05. The minimum atomic E-state index is -1.14. The smallest absolute Gasteiger partial charge is 0.341 e. The van der Waals surface area contributed by atoms with Gasteiger partial charge in [0.05, 0.1) is 12.2 Å². The van der Waals surface area contributed by atoms with Gasteiger partial charge >= 0.3 is 5.97 Å². The Kier molecular flexibility index (Phi) is 3.59. The highest BCUT2D eigenvalue weighted by molar-refractivity contribution is 9.09. The van der Waals surface area contributed by atoms with Crippen molar-refractivity contribution >= 4 is 21.9 Å². The molecule has 0 radical (unpaired) electrons. The molecule has 3 nitrogen and oxygen atoms in total. The van der Waals surface area contributed by atoms with Crippen LogP contribution in [-0.2, 0) is 15.3 Å². The lowest BCUT2D eigenvalue weighted by molar-refractivity contribution is -0.170. The molecule has 102 valence electrons. The number of carbonyl (C=O) groups excluding carboxylic acids is 1. The van der Waals surface area contributed by atoms with Crippen molar-refractivity contribution in [1.82, 2.24) is 0 Å². The number of esters is 1. The number of alkyl halides is 1. The van der Waals surface area contributed by atoms with Gasteiger partial charge in [0.25, 0.3) is 5.79 Å². The molecule has 1 atom stereocenters. The van der Waals surface area contributed by atoms with E-state index in [1.807, 2.05) is 48.5 Å². The fraction of sp³-hybridized carbons (Fsp3) is 0.188. The molecule has 2 aromatic carbocycles. The Hall–Kier alpha value is -1.65. The normalized spacial score (nSPS) is 20.6. The Labute approximate surface area is 125 Å². The van der Waals surface area contributed by atoms with Crippen molar-refractivity contribution in [3.8, 4) is 0 Å². The van der Waals surface area contributed by atoms with E-state index in [0.29, 0.717) is 17.5 Å². The van der Waals surface area contributed by atoms with Gasteiger partial charge in [0.1, 0.15) is 0 Å². The molecule has 4 heteroatoms. The number of rotatable bonds is 4. The first kappa shape index (κ1) is 13.3. The second kappa shape index (κ2) is 5.38. The largest absolute Gasteiger partial charge is 0.420 e. The highest BCUT2D eigenvalue weighted by atomic mass is 79.9. The Morgan fingerprint density at radius 3 is 2.50 bits per heavy atom. The summed E-state index contributed by atoms with van der Waals surface area (Å²) in [6, 6.07) is 16.9. The summed E-state index contributed by atoms with van der Waals surface area (Å²) in [5, 5.41) is 0.668. The van der Waals surface area contributed by atoms with E-state index in [0.717, 1.165) is 11.1 Å². The van der Waals surface area contributed by atoms with E-state index in [1.165, 1.54) is 0 Å². The van der Waals surface area contributed by atoms with Crippen LogP contribution >= 0.6 is 15.9 Å². The van der Waals surface area contributed by atoms with Gasteiger partial charge in [-0.05, 0) is 6.07 Å². The van der Waals surface area contributed by atoms with Crippen LogP contribution in [0, 0.1) is 0 Å². The van der Waals surface area contributed by atoms with E-state index < -0.39 is 5.79 Å². The SMILES string of the molecule is O=C1O[C@](OCCBr)(c2ccccc2)c2ccccc21. The van der Waals surface area contributed by atoms with Gasteiger partial charge in [0.15, 0.2) is 0 Å². The molecule has 0 fully saturated rings. The number of ether oxygens (including phenoxy) is 2.